The van der Waals surface area contributed by atoms with Crippen LogP contribution in [-0.4, -0.2) is 16.0 Å². The van der Waals surface area contributed by atoms with E-state index < -0.39 is 0 Å². The number of aliphatic imine (C=N–C) groups is 1. The van der Waals surface area contributed by atoms with E-state index in [-0.39, 0.29) is 5.84 Å². The molecule has 1 aromatic carbocycles. The molecule has 1 heterocycles. The first-order chi connectivity index (χ1) is 9.60. The molecule has 0 radical (unpaired) electrons. The minimum atomic E-state index is 0.201. The third-order valence-corrected chi connectivity index (χ3v) is 3.37. The van der Waals surface area contributed by atoms with E-state index in [4.69, 9.17) is 17.0 Å². The van der Waals surface area contributed by atoms with Gasteiger partial charge in [-0.25, -0.2) is 4.99 Å². The molecule has 0 saturated heterocycles. The lowest BCUT2D eigenvalue weighted by molar-refractivity contribution is 1.03. The van der Waals surface area contributed by atoms with Crippen LogP contribution in [0.1, 0.15) is 36.4 Å². The SMILES string of the molecule is CCc1cc(C(Cl)=NC(C)=N)[nH]c1Cc1ccccc1. The highest BCUT2D eigenvalue weighted by molar-refractivity contribution is 6.70. The van der Waals surface area contributed by atoms with Gasteiger partial charge in [-0.3, -0.25) is 5.41 Å². The van der Waals surface area contributed by atoms with Gasteiger partial charge < -0.3 is 4.98 Å². The summed E-state index contributed by atoms with van der Waals surface area (Å²) in [5, 5.41) is 7.71. The molecule has 104 valence electrons. The lowest BCUT2D eigenvalue weighted by atomic mass is 10.1. The van der Waals surface area contributed by atoms with Crippen molar-refractivity contribution in [2.24, 2.45) is 4.99 Å². The van der Waals surface area contributed by atoms with Gasteiger partial charge >= 0.3 is 0 Å². The van der Waals surface area contributed by atoms with E-state index in [1.54, 1.807) is 6.92 Å². The smallest absolute Gasteiger partial charge is 0.154 e. The number of H-pyrrole nitrogens is 1. The van der Waals surface area contributed by atoms with Gasteiger partial charge in [-0.2, -0.15) is 0 Å². The normalized spacial score (nSPS) is 11.7. The molecule has 0 aliphatic heterocycles. The molecule has 0 atom stereocenters. The van der Waals surface area contributed by atoms with Crippen LogP contribution in [0.3, 0.4) is 0 Å². The Labute approximate surface area is 124 Å². The number of hydrogen-bond donors (Lipinski definition) is 2. The number of aromatic amines is 1. The fraction of sp³-hybridized carbons (Fsp3) is 0.250. The molecule has 20 heavy (non-hydrogen) atoms. The summed E-state index contributed by atoms with van der Waals surface area (Å²) < 4.78 is 0. The molecule has 0 aliphatic rings. The number of aromatic nitrogens is 1. The second-order valence-corrected chi connectivity index (χ2v) is 5.05. The second-order valence-electron chi connectivity index (χ2n) is 4.69. The van der Waals surface area contributed by atoms with Crippen molar-refractivity contribution in [1.29, 1.82) is 5.41 Å². The summed E-state index contributed by atoms with van der Waals surface area (Å²) in [5.41, 5.74) is 4.43. The highest BCUT2D eigenvalue weighted by atomic mass is 35.5. The van der Waals surface area contributed by atoms with Crippen LogP contribution in [0.15, 0.2) is 41.4 Å². The predicted octanol–water partition coefficient (Wildman–Crippen LogP) is 4.15. The zero-order chi connectivity index (χ0) is 14.5. The van der Waals surface area contributed by atoms with Gasteiger partial charge in [0.1, 0.15) is 5.84 Å². The van der Waals surface area contributed by atoms with Crippen LogP contribution in [-0.2, 0) is 12.8 Å². The molecule has 0 saturated carbocycles. The Hall–Kier alpha value is -1.87. The number of hydrogen-bond acceptors (Lipinski definition) is 1. The lowest BCUT2D eigenvalue weighted by Crippen LogP contribution is -1.97. The van der Waals surface area contributed by atoms with Crippen LogP contribution in [0.5, 0.6) is 0 Å². The molecular weight excluding hydrogens is 270 g/mol. The molecule has 2 aromatic rings. The first kappa shape index (κ1) is 14.5. The van der Waals surface area contributed by atoms with Crippen molar-refractivity contribution in [3.8, 4) is 0 Å². The van der Waals surface area contributed by atoms with E-state index >= 15 is 0 Å². The van der Waals surface area contributed by atoms with E-state index in [1.165, 1.54) is 11.1 Å². The third kappa shape index (κ3) is 3.58. The van der Waals surface area contributed by atoms with Gasteiger partial charge in [0.25, 0.3) is 0 Å². The summed E-state index contributed by atoms with van der Waals surface area (Å²) in [7, 11) is 0. The van der Waals surface area contributed by atoms with Crippen LogP contribution < -0.4 is 0 Å². The fourth-order valence-corrected chi connectivity index (χ4v) is 2.36. The molecule has 1 aromatic heterocycles. The Bertz CT molecular complexity index is 626. The first-order valence-corrected chi connectivity index (χ1v) is 7.02. The number of nitrogens with zero attached hydrogens (tertiary/aromatic N) is 1. The van der Waals surface area contributed by atoms with Crippen molar-refractivity contribution in [1.82, 2.24) is 4.98 Å². The molecule has 2 N–H and O–H groups in total. The number of halogens is 1. The molecule has 0 unspecified atom stereocenters. The first-order valence-electron chi connectivity index (χ1n) is 6.64. The Balaban J connectivity index is 2.30. The number of aryl methyl sites for hydroxylation is 1. The van der Waals surface area contributed by atoms with Gasteiger partial charge in [-0.1, -0.05) is 48.9 Å². The number of nitrogens with one attached hydrogen (secondary N) is 2. The van der Waals surface area contributed by atoms with Crippen LogP contribution in [0.2, 0.25) is 0 Å². The molecule has 3 nitrogen and oxygen atoms in total. The topological polar surface area (TPSA) is 52.0 Å². The average Bonchev–Trinajstić information content (AvgIpc) is 2.82. The summed E-state index contributed by atoms with van der Waals surface area (Å²) in [4.78, 5) is 7.30. The molecular formula is C16H18ClN3. The van der Waals surface area contributed by atoms with E-state index in [0.29, 0.717) is 5.17 Å². The monoisotopic (exact) mass is 287 g/mol. The van der Waals surface area contributed by atoms with Crippen molar-refractivity contribution >= 4 is 22.6 Å². The van der Waals surface area contributed by atoms with Gasteiger partial charge in [-0.15, -0.1) is 0 Å². The zero-order valence-electron chi connectivity index (χ0n) is 11.7. The third-order valence-electron chi connectivity index (χ3n) is 3.08. The molecule has 0 aliphatic carbocycles. The van der Waals surface area contributed by atoms with E-state index in [0.717, 1.165) is 24.2 Å². The summed E-state index contributed by atoms with van der Waals surface area (Å²) in [6.07, 6.45) is 1.78. The van der Waals surface area contributed by atoms with Crippen LogP contribution in [0.4, 0.5) is 0 Å². The Kier molecular flexibility index (Phi) is 4.74. The molecule has 0 bridgehead atoms. The average molecular weight is 288 g/mol. The van der Waals surface area contributed by atoms with Gasteiger partial charge in [0.05, 0.1) is 5.69 Å². The summed E-state index contributed by atoms with van der Waals surface area (Å²) in [6.45, 7) is 3.73. The van der Waals surface area contributed by atoms with E-state index in [2.05, 4.69) is 29.0 Å². The van der Waals surface area contributed by atoms with Crippen molar-refractivity contribution in [3.63, 3.8) is 0 Å². The minimum Gasteiger partial charge on any atom is -0.356 e. The largest absolute Gasteiger partial charge is 0.356 e. The van der Waals surface area contributed by atoms with Crippen molar-refractivity contribution in [3.05, 3.63) is 58.9 Å². The summed E-state index contributed by atoms with van der Waals surface area (Å²) in [6, 6.07) is 12.3. The number of rotatable bonds is 4. The maximum absolute atomic E-state index is 7.37. The highest BCUT2D eigenvalue weighted by Gasteiger charge is 2.10. The predicted molar refractivity (Wildman–Crippen MR) is 85.2 cm³/mol. The van der Waals surface area contributed by atoms with Crippen LogP contribution in [0.25, 0.3) is 0 Å². The molecule has 4 heteroatoms. The Morgan fingerprint density at radius 1 is 1.30 bits per heavy atom. The van der Waals surface area contributed by atoms with Crippen molar-refractivity contribution in [2.75, 3.05) is 0 Å². The van der Waals surface area contributed by atoms with E-state index in [9.17, 15) is 0 Å². The fourth-order valence-electron chi connectivity index (χ4n) is 2.13. The van der Waals surface area contributed by atoms with Crippen molar-refractivity contribution < 1.29 is 0 Å². The maximum Gasteiger partial charge on any atom is 0.154 e. The van der Waals surface area contributed by atoms with E-state index in [1.807, 2.05) is 24.3 Å². The standard InChI is InChI=1S/C16H18ClN3/c1-3-13-10-15(16(17)19-11(2)18)20-14(13)9-12-7-5-4-6-8-12/h4-8,10,18,20H,3,9H2,1-2H3. The Morgan fingerprint density at radius 3 is 2.60 bits per heavy atom. The van der Waals surface area contributed by atoms with Gasteiger partial charge in [0.15, 0.2) is 5.17 Å². The summed E-state index contributed by atoms with van der Waals surface area (Å²) in [5.74, 6) is 0.201. The van der Waals surface area contributed by atoms with Gasteiger partial charge in [0, 0.05) is 12.1 Å². The summed E-state index contributed by atoms with van der Waals surface area (Å²) >= 11 is 6.12. The van der Waals surface area contributed by atoms with Gasteiger partial charge in [-0.05, 0) is 30.5 Å². The molecule has 0 spiro atoms. The molecule has 0 fully saturated rings. The van der Waals surface area contributed by atoms with Gasteiger partial charge in [0.2, 0.25) is 0 Å². The highest BCUT2D eigenvalue weighted by Crippen LogP contribution is 2.18. The second kappa shape index (κ2) is 6.53. The lowest BCUT2D eigenvalue weighted by Gasteiger charge is -2.02. The maximum atomic E-state index is 7.37. The molecule has 2 rings (SSSR count). The molecule has 0 amide bonds. The minimum absolute atomic E-state index is 0.201. The zero-order valence-corrected chi connectivity index (χ0v) is 12.5. The van der Waals surface area contributed by atoms with Crippen molar-refractivity contribution in [2.45, 2.75) is 26.7 Å². The quantitative estimate of drug-likeness (QED) is 0.627. The number of amidine groups is 1. The van der Waals surface area contributed by atoms with Crippen LogP contribution >= 0.6 is 11.6 Å². The number of benzene rings is 1. The Morgan fingerprint density at radius 2 is 2.00 bits per heavy atom. The van der Waals surface area contributed by atoms with Crippen LogP contribution in [0, 0.1) is 5.41 Å².